The number of amidine groups is 1. The summed E-state index contributed by atoms with van der Waals surface area (Å²) in [5.41, 5.74) is 0.392. The molecule has 30 heavy (non-hydrogen) atoms. The molecule has 1 heterocycles. The number of anilines is 1. The number of halogens is 2. The first-order chi connectivity index (χ1) is 14.3. The number of carbonyl (C=O) groups excluding carboxylic acids is 1. The van der Waals surface area contributed by atoms with E-state index in [0.717, 1.165) is 19.3 Å². The molecule has 0 aliphatic carbocycles. The quantitative estimate of drug-likeness (QED) is 0.564. The second-order valence-corrected chi connectivity index (χ2v) is 10.2. The predicted molar refractivity (Wildman–Crippen MR) is 123 cm³/mol. The summed E-state index contributed by atoms with van der Waals surface area (Å²) < 4.78 is 28.0. The predicted octanol–water partition coefficient (Wildman–Crippen LogP) is 4.98. The van der Waals surface area contributed by atoms with Crippen LogP contribution in [0.4, 0.5) is 5.69 Å². The molecule has 1 aliphatic rings. The van der Waals surface area contributed by atoms with Crippen LogP contribution in [0.5, 0.6) is 0 Å². The molecule has 3 rings (SSSR count). The molecule has 0 atom stereocenters. The number of sulfonamides is 1. The summed E-state index contributed by atoms with van der Waals surface area (Å²) in [6.45, 7) is 0.627. The molecule has 0 saturated heterocycles. The first-order valence-corrected chi connectivity index (χ1v) is 12.6. The van der Waals surface area contributed by atoms with Crippen molar-refractivity contribution in [2.45, 2.75) is 35.5 Å². The minimum Gasteiger partial charge on any atom is -0.325 e. The number of aliphatic imine (C=N–C) groups is 1. The van der Waals surface area contributed by atoms with Crippen LogP contribution in [-0.2, 0) is 14.8 Å². The lowest BCUT2D eigenvalue weighted by atomic mass is 10.2. The number of thioether (sulfide) groups is 1. The van der Waals surface area contributed by atoms with Gasteiger partial charge in [-0.05, 0) is 49.2 Å². The van der Waals surface area contributed by atoms with Crippen molar-refractivity contribution in [2.75, 3.05) is 17.6 Å². The van der Waals surface area contributed by atoms with Crippen LogP contribution in [0.25, 0.3) is 0 Å². The highest BCUT2D eigenvalue weighted by Crippen LogP contribution is 2.30. The molecule has 0 saturated carbocycles. The van der Waals surface area contributed by atoms with Gasteiger partial charge in [0.2, 0.25) is 5.91 Å². The molecular formula is C20H21Cl2N3O3S2. The number of nitrogens with one attached hydrogen (secondary N) is 2. The van der Waals surface area contributed by atoms with Crippen molar-refractivity contribution in [2.24, 2.45) is 4.99 Å². The van der Waals surface area contributed by atoms with Crippen LogP contribution in [0.2, 0.25) is 10.0 Å². The average Bonchev–Trinajstić information content (AvgIpc) is 2.97. The summed E-state index contributed by atoms with van der Waals surface area (Å²) in [5, 5.41) is 3.76. The lowest BCUT2D eigenvalue weighted by molar-refractivity contribution is -0.113. The van der Waals surface area contributed by atoms with Gasteiger partial charge in [0.1, 0.15) is 5.84 Å². The minimum absolute atomic E-state index is 0.0674. The van der Waals surface area contributed by atoms with E-state index in [0.29, 0.717) is 39.4 Å². The Morgan fingerprint density at radius 1 is 1.10 bits per heavy atom. The second-order valence-electron chi connectivity index (χ2n) is 6.68. The molecule has 0 radical (unpaired) electrons. The van der Waals surface area contributed by atoms with Crippen LogP contribution in [0.1, 0.15) is 25.7 Å². The van der Waals surface area contributed by atoms with Gasteiger partial charge in [0.05, 0.1) is 15.7 Å². The number of nitrogens with zero attached hydrogens (tertiary/aromatic N) is 1. The van der Waals surface area contributed by atoms with E-state index in [1.54, 1.807) is 30.3 Å². The van der Waals surface area contributed by atoms with Crippen molar-refractivity contribution in [3.05, 3.63) is 52.5 Å². The van der Waals surface area contributed by atoms with E-state index in [-0.39, 0.29) is 16.6 Å². The molecule has 2 N–H and O–H groups in total. The number of amides is 1. The van der Waals surface area contributed by atoms with Gasteiger partial charge >= 0.3 is 0 Å². The zero-order chi connectivity index (χ0) is 21.6. The molecule has 160 valence electrons. The van der Waals surface area contributed by atoms with Crippen LogP contribution in [-0.4, -0.2) is 32.5 Å². The average molecular weight is 486 g/mol. The van der Waals surface area contributed by atoms with Crippen LogP contribution >= 0.6 is 35.0 Å². The number of hydrogen-bond donors (Lipinski definition) is 2. The topological polar surface area (TPSA) is 87.6 Å². The molecular weight excluding hydrogens is 465 g/mol. The van der Waals surface area contributed by atoms with Gasteiger partial charge in [-0.25, -0.2) is 8.42 Å². The monoisotopic (exact) mass is 485 g/mol. The zero-order valence-electron chi connectivity index (χ0n) is 16.0. The Balaban J connectivity index is 1.63. The molecule has 0 spiro atoms. The van der Waals surface area contributed by atoms with Crippen LogP contribution in [0.3, 0.4) is 0 Å². The second kappa shape index (κ2) is 10.5. The lowest BCUT2D eigenvalue weighted by Crippen LogP contribution is -2.30. The van der Waals surface area contributed by atoms with E-state index < -0.39 is 10.0 Å². The molecule has 0 fully saturated rings. The lowest BCUT2D eigenvalue weighted by Gasteiger charge is -2.11. The Morgan fingerprint density at radius 2 is 1.93 bits per heavy atom. The molecule has 2 aromatic rings. The summed E-state index contributed by atoms with van der Waals surface area (Å²) in [4.78, 5) is 17.4. The maximum absolute atomic E-state index is 12.7. The first kappa shape index (κ1) is 22.9. The van der Waals surface area contributed by atoms with Crippen molar-refractivity contribution < 1.29 is 13.2 Å². The van der Waals surface area contributed by atoms with Crippen molar-refractivity contribution in [1.82, 2.24) is 4.72 Å². The Morgan fingerprint density at radius 3 is 2.77 bits per heavy atom. The minimum atomic E-state index is -3.77. The van der Waals surface area contributed by atoms with Crippen molar-refractivity contribution >= 4 is 62.4 Å². The van der Waals surface area contributed by atoms with E-state index in [2.05, 4.69) is 15.0 Å². The Labute approximate surface area is 190 Å². The van der Waals surface area contributed by atoms with Crippen LogP contribution in [0.15, 0.2) is 57.2 Å². The Hall–Kier alpha value is -1.74. The maximum atomic E-state index is 12.7. The Bertz CT molecular complexity index is 1060. The molecule has 0 aromatic heterocycles. The molecule has 0 unspecified atom stereocenters. The fourth-order valence-electron chi connectivity index (χ4n) is 2.84. The molecule has 1 aliphatic heterocycles. The summed E-state index contributed by atoms with van der Waals surface area (Å²) >= 11 is 13.3. The van der Waals surface area contributed by atoms with Gasteiger partial charge in [-0.3, -0.25) is 14.5 Å². The fraction of sp³-hybridized carbons (Fsp3) is 0.300. The fourth-order valence-corrected chi connectivity index (χ4v) is 5.27. The van der Waals surface area contributed by atoms with E-state index in [1.807, 2.05) is 0 Å². The molecule has 1 amide bonds. The van der Waals surface area contributed by atoms with Gasteiger partial charge in [-0.1, -0.05) is 35.7 Å². The number of rotatable bonds is 6. The molecule has 10 heteroatoms. The standard InChI is InChI=1S/C20H21Cl2N3O3S2/c21-14-8-9-17(22)18(11-14)29-13-20(26)24-15-5-4-6-16(12-15)30(27,28)25-19-7-2-1-3-10-23-19/h4-6,8-9,11-12H,1-3,7,10,13H2,(H,23,25)(H,24,26). The number of hydrogen-bond acceptors (Lipinski definition) is 5. The number of carbonyl (C=O) groups is 1. The third-order valence-corrected chi connectivity index (χ3v) is 7.42. The highest BCUT2D eigenvalue weighted by atomic mass is 35.5. The van der Waals surface area contributed by atoms with Gasteiger partial charge in [0.25, 0.3) is 10.0 Å². The van der Waals surface area contributed by atoms with E-state index in [1.165, 1.54) is 23.9 Å². The van der Waals surface area contributed by atoms with Crippen molar-refractivity contribution in [3.8, 4) is 0 Å². The van der Waals surface area contributed by atoms with Gasteiger partial charge in [0.15, 0.2) is 0 Å². The van der Waals surface area contributed by atoms with E-state index >= 15 is 0 Å². The SMILES string of the molecule is O=C(CSc1cc(Cl)ccc1Cl)Nc1cccc(S(=O)(=O)NC2=NCCCCC2)c1. The molecule has 6 nitrogen and oxygen atoms in total. The number of benzene rings is 2. The maximum Gasteiger partial charge on any atom is 0.262 e. The summed E-state index contributed by atoms with van der Waals surface area (Å²) in [6.07, 6.45) is 3.52. The summed E-state index contributed by atoms with van der Waals surface area (Å²) in [7, 11) is -3.77. The largest absolute Gasteiger partial charge is 0.325 e. The highest BCUT2D eigenvalue weighted by molar-refractivity contribution is 8.00. The van der Waals surface area contributed by atoms with Crippen molar-refractivity contribution in [3.63, 3.8) is 0 Å². The van der Waals surface area contributed by atoms with Crippen LogP contribution < -0.4 is 10.0 Å². The molecule has 0 bridgehead atoms. The van der Waals surface area contributed by atoms with Gasteiger partial charge in [0, 0.05) is 28.6 Å². The molecule has 2 aromatic carbocycles. The van der Waals surface area contributed by atoms with E-state index in [4.69, 9.17) is 23.2 Å². The smallest absolute Gasteiger partial charge is 0.262 e. The van der Waals surface area contributed by atoms with Crippen LogP contribution in [0, 0.1) is 0 Å². The van der Waals surface area contributed by atoms with Gasteiger partial charge in [-0.2, -0.15) is 0 Å². The normalized spacial score (nSPS) is 14.5. The third-order valence-electron chi connectivity index (χ3n) is 4.31. The summed E-state index contributed by atoms with van der Waals surface area (Å²) in [5.74, 6) is 0.301. The van der Waals surface area contributed by atoms with E-state index in [9.17, 15) is 13.2 Å². The summed E-state index contributed by atoms with van der Waals surface area (Å²) in [6, 6.07) is 11.2. The van der Waals surface area contributed by atoms with Gasteiger partial charge in [-0.15, -0.1) is 11.8 Å². The zero-order valence-corrected chi connectivity index (χ0v) is 19.2. The highest BCUT2D eigenvalue weighted by Gasteiger charge is 2.18. The Kier molecular flexibility index (Phi) is 8.05. The van der Waals surface area contributed by atoms with Gasteiger partial charge < -0.3 is 5.32 Å². The van der Waals surface area contributed by atoms with Crippen molar-refractivity contribution in [1.29, 1.82) is 0 Å². The third kappa shape index (κ3) is 6.63. The first-order valence-electron chi connectivity index (χ1n) is 9.37.